The molecule has 1 heterocycles. The maximum absolute atomic E-state index is 13.9. The van der Waals surface area contributed by atoms with E-state index in [9.17, 15) is 9.18 Å². The van der Waals surface area contributed by atoms with Crippen LogP contribution < -0.4 is 5.73 Å². The molecule has 0 spiro atoms. The summed E-state index contributed by atoms with van der Waals surface area (Å²) in [4.78, 5) is 15.0. The van der Waals surface area contributed by atoms with Gasteiger partial charge >= 0.3 is 6.09 Å². The predicted octanol–water partition coefficient (Wildman–Crippen LogP) is 3.52. The summed E-state index contributed by atoms with van der Waals surface area (Å²) >= 11 is 4.40. The minimum atomic E-state index is -0.946. The van der Waals surface area contributed by atoms with Gasteiger partial charge in [0.15, 0.2) is 0 Å². The van der Waals surface area contributed by atoms with Gasteiger partial charge in [0.2, 0.25) is 0 Å². The summed E-state index contributed by atoms with van der Waals surface area (Å²) in [6.07, 6.45) is 0.787. The molecule has 4 nitrogen and oxygen atoms in total. The number of hydrogen-bond acceptors (Lipinski definition) is 4. The first kappa shape index (κ1) is 14.1. The molecular formula is C12H10BrFN2O2S. The number of nitrogens with zero attached hydrogens (tertiary/aromatic N) is 1. The standard InChI is InChI=1S/C12H10BrFN2O2S/c1-12(8-6-7(13)2-3-9(8)14)4-5-19-11(16-12)18-10(15)17/h2-6H,1H3,(H2,15,17). The lowest BCUT2D eigenvalue weighted by molar-refractivity contribution is 0.209. The quantitative estimate of drug-likeness (QED) is 0.847. The molecule has 2 rings (SSSR count). The molecule has 1 unspecified atom stereocenters. The molecule has 1 aliphatic rings. The number of hydrogen-bond donors (Lipinski definition) is 1. The summed E-state index contributed by atoms with van der Waals surface area (Å²) < 4.78 is 19.4. The number of rotatable bonds is 1. The van der Waals surface area contributed by atoms with E-state index < -0.39 is 11.6 Å². The topological polar surface area (TPSA) is 64.7 Å². The van der Waals surface area contributed by atoms with E-state index in [-0.39, 0.29) is 11.0 Å². The van der Waals surface area contributed by atoms with Crippen LogP contribution in [0.5, 0.6) is 0 Å². The largest absolute Gasteiger partial charge is 0.411 e. The molecule has 7 heteroatoms. The first-order chi connectivity index (χ1) is 8.90. The second kappa shape index (κ2) is 5.34. The average molecular weight is 345 g/mol. The summed E-state index contributed by atoms with van der Waals surface area (Å²) in [5, 5.41) is 1.78. The number of thioether (sulfide) groups is 1. The molecule has 2 N–H and O–H groups in total. The van der Waals surface area contributed by atoms with Gasteiger partial charge in [-0.1, -0.05) is 15.9 Å². The highest BCUT2D eigenvalue weighted by Crippen LogP contribution is 2.36. The molecule has 1 aromatic carbocycles. The number of halogens is 2. The minimum Gasteiger partial charge on any atom is -0.385 e. The van der Waals surface area contributed by atoms with Crippen molar-refractivity contribution in [3.63, 3.8) is 0 Å². The van der Waals surface area contributed by atoms with Crippen LogP contribution in [-0.4, -0.2) is 11.3 Å². The van der Waals surface area contributed by atoms with Crippen LogP contribution in [-0.2, 0) is 10.3 Å². The van der Waals surface area contributed by atoms with E-state index in [0.29, 0.717) is 5.56 Å². The van der Waals surface area contributed by atoms with E-state index in [0.717, 1.165) is 16.2 Å². The van der Waals surface area contributed by atoms with Gasteiger partial charge in [0.1, 0.15) is 11.4 Å². The van der Waals surface area contributed by atoms with Crippen LogP contribution in [0.3, 0.4) is 0 Å². The molecule has 0 fully saturated rings. The molecule has 0 radical (unpaired) electrons. The number of aliphatic imine (C=N–C) groups is 1. The zero-order valence-corrected chi connectivity index (χ0v) is 12.3. The maximum atomic E-state index is 13.9. The molecule has 0 aromatic heterocycles. The van der Waals surface area contributed by atoms with Gasteiger partial charge in [-0.25, -0.2) is 14.2 Å². The van der Waals surface area contributed by atoms with E-state index in [1.54, 1.807) is 30.5 Å². The smallest absolute Gasteiger partial charge is 0.385 e. The Kier molecular flexibility index (Phi) is 3.96. The monoisotopic (exact) mass is 344 g/mol. The Labute approximate surface area is 122 Å². The van der Waals surface area contributed by atoms with Crippen molar-refractivity contribution in [1.29, 1.82) is 0 Å². The van der Waals surface area contributed by atoms with Crippen molar-refractivity contribution < 1.29 is 13.9 Å². The number of carbonyl (C=O) groups is 1. The average Bonchev–Trinajstić information content (AvgIpc) is 2.31. The van der Waals surface area contributed by atoms with Crippen molar-refractivity contribution in [3.8, 4) is 0 Å². The molecule has 1 aliphatic heterocycles. The zero-order valence-electron chi connectivity index (χ0n) is 9.89. The van der Waals surface area contributed by atoms with E-state index in [1.807, 2.05) is 0 Å². The van der Waals surface area contributed by atoms with E-state index in [1.165, 1.54) is 6.07 Å². The van der Waals surface area contributed by atoms with Gasteiger partial charge in [0, 0.05) is 10.0 Å². The Morgan fingerprint density at radius 1 is 1.58 bits per heavy atom. The Balaban J connectivity index is 2.43. The fourth-order valence-corrected chi connectivity index (χ4v) is 2.83. The van der Waals surface area contributed by atoms with Crippen molar-refractivity contribution in [2.75, 3.05) is 0 Å². The van der Waals surface area contributed by atoms with Crippen LogP contribution in [0.1, 0.15) is 12.5 Å². The van der Waals surface area contributed by atoms with Crippen LogP contribution in [0, 0.1) is 5.82 Å². The number of primary amides is 1. The Morgan fingerprint density at radius 2 is 2.32 bits per heavy atom. The molecule has 0 bridgehead atoms. The van der Waals surface area contributed by atoms with Crippen LogP contribution in [0.25, 0.3) is 0 Å². The Hall–Kier alpha value is -1.34. The van der Waals surface area contributed by atoms with Crippen molar-refractivity contribution in [2.24, 2.45) is 10.7 Å². The SMILES string of the molecule is CC1(c2cc(Br)ccc2F)C=CSC(OC(N)=O)=N1. The molecule has 1 aromatic rings. The lowest BCUT2D eigenvalue weighted by Crippen LogP contribution is -2.25. The summed E-state index contributed by atoms with van der Waals surface area (Å²) in [6.45, 7) is 1.72. The molecule has 0 aliphatic carbocycles. The second-order valence-corrected chi connectivity index (χ2v) is 5.76. The third kappa shape index (κ3) is 3.16. The number of ether oxygens (including phenoxy) is 1. The van der Waals surface area contributed by atoms with Crippen molar-refractivity contribution in [2.45, 2.75) is 12.5 Å². The van der Waals surface area contributed by atoms with Gasteiger partial charge in [-0.05, 0) is 48.4 Å². The van der Waals surface area contributed by atoms with Gasteiger partial charge in [0.05, 0.1) is 0 Å². The summed E-state index contributed by atoms with van der Waals surface area (Å²) in [6, 6.07) is 4.60. The fourth-order valence-electron chi connectivity index (χ4n) is 1.65. The maximum Gasteiger partial charge on any atom is 0.411 e. The van der Waals surface area contributed by atoms with Gasteiger partial charge < -0.3 is 10.5 Å². The highest BCUT2D eigenvalue weighted by atomic mass is 79.9. The molecule has 1 amide bonds. The van der Waals surface area contributed by atoms with Gasteiger partial charge in [-0.15, -0.1) is 0 Å². The van der Waals surface area contributed by atoms with Crippen molar-refractivity contribution in [1.82, 2.24) is 0 Å². The number of benzene rings is 1. The van der Waals surface area contributed by atoms with Crippen LogP contribution in [0.4, 0.5) is 9.18 Å². The normalized spacial score (nSPS) is 21.9. The molecule has 0 saturated carbocycles. The van der Waals surface area contributed by atoms with Crippen molar-refractivity contribution in [3.05, 3.63) is 45.5 Å². The molecule has 19 heavy (non-hydrogen) atoms. The predicted molar refractivity (Wildman–Crippen MR) is 76.3 cm³/mol. The van der Waals surface area contributed by atoms with E-state index in [2.05, 4.69) is 20.9 Å². The first-order valence-corrected chi connectivity index (χ1v) is 6.95. The van der Waals surface area contributed by atoms with Crippen LogP contribution in [0.15, 0.2) is 39.1 Å². The number of nitrogens with two attached hydrogens (primary N) is 1. The van der Waals surface area contributed by atoms with Crippen LogP contribution >= 0.6 is 27.7 Å². The molecule has 1 atom stereocenters. The minimum absolute atomic E-state index is 0.0943. The van der Waals surface area contributed by atoms with Gasteiger partial charge in [0.25, 0.3) is 5.23 Å². The highest BCUT2D eigenvalue weighted by molar-refractivity contribution is 9.10. The first-order valence-electron chi connectivity index (χ1n) is 5.28. The third-order valence-electron chi connectivity index (χ3n) is 2.55. The molecule has 100 valence electrons. The van der Waals surface area contributed by atoms with Crippen LogP contribution in [0.2, 0.25) is 0 Å². The van der Waals surface area contributed by atoms with E-state index >= 15 is 0 Å². The summed E-state index contributed by atoms with van der Waals surface area (Å²) in [5.74, 6) is -0.385. The Morgan fingerprint density at radius 3 is 3.00 bits per heavy atom. The molecule has 0 saturated heterocycles. The highest BCUT2D eigenvalue weighted by Gasteiger charge is 2.30. The lowest BCUT2D eigenvalue weighted by atomic mass is 9.92. The van der Waals surface area contributed by atoms with Gasteiger partial charge in [-0.2, -0.15) is 0 Å². The molecular weight excluding hydrogens is 335 g/mol. The summed E-state index contributed by atoms with van der Waals surface area (Å²) in [5.41, 5.74) is 4.38. The third-order valence-corrected chi connectivity index (χ3v) is 3.69. The Bertz CT molecular complexity index is 591. The van der Waals surface area contributed by atoms with E-state index in [4.69, 9.17) is 10.5 Å². The number of carbonyl (C=O) groups excluding carboxylic acids is 1. The van der Waals surface area contributed by atoms with Gasteiger partial charge in [-0.3, -0.25) is 0 Å². The summed E-state index contributed by atoms with van der Waals surface area (Å²) in [7, 11) is 0. The zero-order chi connectivity index (χ0) is 14.0. The lowest BCUT2D eigenvalue weighted by Gasteiger charge is -2.25. The van der Waals surface area contributed by atoms with Crippen molar-refractivity contribution >= 4 is 39.0 Å². The second-order valence-electron chi connectivity index (χ2n) is 3.99. The fraction of sp³-hybridized carbons (Fsp3) is 0.167. The number of amides is 1.